The van der Waals surface area contributed by atoms with Gasteiger partial charge in [-0.05, 0) is 60.7 Å². The van der Waals surface area contributed by atoms with Gasteiger partial charge >= 0.3 is 0 Å². The SMILES string of the molecule is COc1ccc(S(=O)(=O)Nc2cccc(F)c2)cc1NC(=O)c1ccc(Cl)cc1. The van der Waals surface area contributed by atoms with Crippen molar-refractivity contribution in [1.82, 2.24) is 0 Å². The van der Waals surface area contributed by atoms with Crippen molar-refractivity contribution >= 4 is 38.9 Å². The maximum absolute atomic E-state index is 13.3. The summed E-state index contributed by atoms with van der Waals surface area (Å²) in [4.78, 5) is 12.3. The van der Waals surface area contributed by atoms with Crippen molar-refractivity contribution in [3.05, 3.63) is 83.1 Å². The number of hydrogen-bond acceptors (Lipinski definition) is 4. The molecule has 0 atom stereocenters. The molecule has 0 fully saturated rings. The monoisotopic (exact) mass is 434 g/mol. The molecular formula is C20H16ClFN2O4S. The molecule has 9 heteroatoms. The average Bonchev–Trinajstić information content (AvgIpc) is 2.68. The van der Waals surface area contributed by atoms with Gasteiger partial charge in [-0.15, -0.1) is 0 Å². The Hall–Kier alpha value is -3.10. The van der Waals surface area contributed by atoms with Crippen molar-refractivity contribution < 1.29 is 22.3 Å². The molecule has 2 N–H and O–H groups in total. The van der Waals surface area contributed by atoms with E-state index < -0.39 is 21.7 Å². The lowest BCUT2D eigenvalue weighted by Gasteiger charge is -2.13. The van der Waals surface area contributed by atoms with Crippen molar-refractivity contribution in [1.29, 1.82) is 0 Å². The Kier molecular flexibility index (Phi) is 6.05. The fraction of sp³-hybridized carbons (Fsp3) is 0.0500. The summed E-state index contributed by atoms with van der Waals surface area (Å²) in [5.41, 5.74) is 0.574. The van der Waals surface area contributed by atoms with Crippen LogP contribution in [0.4, 0.5) is 15.8 Å². The predicted octanol–water partition coefficient (Wildman–Crippen LogP) is 4.54. The molecule has 3 aromatic rings. The van der Waals surface area contributed by atoms with Gasteiger partial charge in [0.1, 0.15) is 11.6 Å². The molecular weight excluding hydrogens is 419 g/mol. The van der Waals surface area contributed by atoms with Gasteiger partial charge < -0.3 is 10.1 Å². The van der Waals surface area contributed by atoms with Gasteiger partial charge in [0, 0.05) is 10.6 Å². The number of methoxy groups -OCH3 is 1. The molecule has 0 unspecified atom stereocenters. The smallest absolute Gasteiger partial charge is 0.261 e. The first-order chi connectivity index (χ1) is 13.8. The topological polar surface area (TPSA) is 84.5 Å². The van der Waals surface area contributed by atoms with E-state index in [2.05, 4.69) is 10.0 Å². The summed E-state index contributed by atoms with van der Waals surface area (Å²) in [6.45, 7) is 0. The molecule has 0 radical (unpaired) electrons. The molecule has 3 aromatic carbocycles. The van der Waals surface area contributed by atoms with Crippen LogP contribution in [-0.2, 0) is 10.0 Å². The van der Waals surface area contributed by atoms with Crippen molar-refractivity contribution in [2.45, 2.75) is 4.90 Å². The van der Waals surface area contributed by atoms with Gasteiger partial charge in [-0.2, -0.15) is 0 Å². The Bertz CT molecular complexity index is 1150. The highest BCUT2D eigenvalue weighted by Gasteiger charge is 2.18. The predicted molar refractivity (Wildman–Crippen MR) is 110 cm³/mol. The first-order valence-corrected chi connectivity index (χ1v) is 10.2. The van der Waals surface area contributed by atoms with Crippen LogP contribution < -0.4 is 14.8 Å². The normalized spacial score (nSPS) is 11.0. The zero-order valence-electron chi connectivity index (χ0n) is 15.1. The first kappa shape index (κ1) is 20.6. The molecule has 0 aliphatic heterocycles. The van der Waals surface area contributed by atoms with Crippen LogP contribution in [0.25, 0.3) is 0 Å². The molecule has 29 heavy (non-hydrogen) atoms. The summed E-state index contributed by atoms with van der Waals surface area (Å²) >= 11 is 5.82. The Morgan fingerprint density at radius 3 is 2.41 bits per heavy atom. The fourth-order valence-electron chi connectivity index (χ4n) is 2.51. The number of carbonyl (C=O) groups excluding carboxylic acids is 1. The number of benzene rings is 3. The number of rotatable bonds is 6. The molecule has 0 saturated carbocycles. The van der Waals surface area contributed by atoms with E-state index in [9.17, 15) is 17.6 Å². The van der Waals surface area contributed by atoms with E-state index >= 15 is 0 Å². The first-order valence-electron chi connectivity index (χ1n) is 8.32. The summed E-state index contributed by atoms with van der Waals surface area (Å²) in [6, 6.07) is 15.3. The van der Waals surface area contributed by atoms with E-state index in [-0.39, 0.29) is 22.0 Å². The maximum Gasteiger partial charge on any atom is 0.261 e. The fourth-order valence-corrected chi connectivity index (χ4v) is 3.72. The maximum atomic E-state index is 13.3. The number of anilines is 2. The van der Waals surface area contributed by atoms with Gasteiger partial charge in [-0.3, -0.25) is 9.52 Å². The summed E-state index contributed by atoms with van der Waals surface area (Å²) < 4.78 is 46.1. The van der Waals surface area contributed by atoms with Crippen LogP contribution >= 0.6 is 11.6 Å². The summed E-state index contributed by atoms with van der Waals surface area (Å²) in [7, 11) is -2.63. The molecule has 0 saturated heterocycles. The molecule has 0 aromatic heterocycles. The van der Waals surface area contributed by atoms with E-state index in [1.54, 1.807) is 12.1 Å². The Labute approximate surface area is 172 Å². The molecule has 0 spiro atoms. The number of hydrogen-bond donors (Lipinski definition) is 2. The number of nitrogens with one attached hydrogen (secondary N) is 2. The zero-order valence-corrected chi connectivity index (χ0v) is 16.7. The number of amides is 1. The quantitative estimate of drug-likeness (QED) is 0.596. The summed E-state index contributed by atoms with van der Waals surface area (Å²) in [5.74, 6) is -0.763. The molecule has 150 valence electrons. The highest BCUT2D eigenvalue weighted by atomic mass is 35.5. The minimum absolute atomic E-state index is 0.0765. The minimum Gasteiger partial charge on any atom is -0.495 e. The zero-order chi connectivity index (χ0) is 21.0. The van der Waals surface area contributed by atoms with Gasteiger partial charge in [0.15, 0.2) is 0 Å². The van der Waals surface area contributed by atoms with Gasteiger partial charge in [0.25, 0.3) is 15.9 Å². The largest absolute Gasteiger partial charge is 0.495 e. The van der Waals surface area contributed by atoms with Crippen LogP contribution in [0.3, 0.4) is 0 Å². The van der Waals surface area contributed by atoms with E-state index in [1.807, 2.05) is 0 Å². The lowest BCUT2D eigenvalue weighted by atomic mass is 10.2. The molecule has 6 nitrogen and oxygen atoms in total. The lowest BCUT2D eigenvalue weighted by molar-refractivity contribution is 0.102. The van der Waals surface area contributed by atoms with Crippen LogP contribution in [0, 0.1) is 5.82 Å². The van der Waals surface area contributed by atoms with Crippen LogP contribution in [0.1, 0.15) is 10.4 Å². The van der Waals surface area contributed by atoms with Crippen LogP contribution in [0.2, 0.25) is 5.02 Å². The molecule has 0 aliphatic rings. The number of ether oxygens (including phenoxy) is 1. The average molecular weight is 435 g/mol. The Balaban J connectivity index is 1.89. The van der Waals surface area contributed by atoms with Crippen LogP contribution in [0.15, 0.2) is 71.6 Å². The highest BCUT2D eigenvalue weighted by Crippen LogP contribution is 2.29. The van der Waals surface area contributed by atoms with Crippen molar-refractivity contribution in [2.24, 2.45) is 0 Å². The molecule has 0 aliphatic carbocycles. The van der Waals surface area contributed by atoms with Gasteiger partial charge in [0.2, 0.25) is 0 Å². The molecule has 1 amide bonds. The van der Waals surface area contributed by atoms with Gasteiger partial charge in [-0.1, -0.05) is 17.7 Å². The summed E-state index contributed by atoms with van der Waals surface area (Å²) in [5, 5.41) is 3.11. The molecule has 0 bridgehead atoms. The third-order valence-corrected chi connectivity index (χ3v) is 5.54. The van der Waals surface area contributed by atoms with Crippen LogP contribution in [-0.4, -0.2) is 21.4 Å². The third kappa shape index (κ3) is 5.04. The number of sulfonamides is 1. The van der Waals surface area contributed by atoms with Gasteiger partial charge in [-0.25, -0.2) is 12.8 Å². The Morgan fingerprint density at radius 1 is 1.03 bits per heavy atom. The minimum atomic E-state index is -4.02. The second kappa shape index (κ2) is 8.50. The second-order valence-corrected chi connectivity index (χ2v) is 8.06. The van der Waals surface area contributed by atoms with Crippen molar-refractivity contribution in [3.63, 3.8) is 0 Å². The van der Waals surface area contributed by atoms with Crippen molar-refractivity contribution in [2.75, 3.05) is 17.1 Å². The third-order valence-electron chi connectivity index (χ3n) is 3.91. The van der Waals surface area contributed by atoms with E-state index in [0.717, 1.165) is 6.07 Å². The standard InChI is InChI=1S/C20H16ClFN2O4S/c1-28-19-10-9-17(29(26,27)24-16-4-2-3-15(22)11-16)12-18(19)23-20(25)13-5-7-14(21)8-6-13/h2-12,24H,1H3,(H,23,25). The van der Waals surface area contributed by atoms with Crippen molar-refractivity contribution in [3.8, 4) is 5.75 Å². The second-order valence-electron chi connectivity index (χ2n) is 5.94. The van der Waals surface area contributed by atoms with E-state index in [1.165, 1.54) is 55.6 Å². The van der Waals surface area contributed by atoms with Gasteiger partial charge in [0.05, 0.1) is 23.4 Å². The Morgan fingerprint density at radius 2 is 1.76 bits per heavy atom. The lowest BCUT2D eigenvalue weighted by Crippen LogP contribution is -2.16. The van der Waals surface area contributed by atoms with Crippen LogP contribution in [0.5, 0.6) is 5.75 Å². The van der Waals surface area contributed by atoms with E-state index in [0.29, 0.717) is 10.6 Å². The molecule has 0 heterocycles. The summed E-state index contributed by atoms with van der Waals surface area (Å²) in [6.07, 6.45) is 0. The molecule has 3 rings (SSSR count). The number of halogens is 2. The van der Waals surface area contributed by atoms with E-state index in [4.69, 9.17) is 16.3 Å². The number of carbonyl (C=O) groups is 1. The highest BCUT2D eigenvalue weighted by molar-refractivity contribution is 7.92.